The van der Waals surface area contributed by atoms with Gasteiger partial charge in [0.15, 0.2) is 18.1 Å². The van der Waals surface area contributed by atoms with Crippen LogP contribution in [0, 0.1) is 0 Å². The first kappa shape index (κ1) is 16.8. The maximum atomic E-state index is 12.5. The number of rotatable bonds is 3. The second kappa shape index (κ2) is 6.59. The molecule has 26 heavy (non-hydrogen) atoms. The van der Waals surface area contributed by atoms with Gasteiger partial charge in [-0.15, -0.1) is 0 Å². The number of benzene rings is 1. The lowest BCUT2D eigenvalue weighted by atomic mass is 9.95. The van der Waals surface area contributed by atoms with Crippen molar-refractivity contribution < 1.29 is 28.5 Å². The molecule has 0 bridgehead atoms. The molecule has 0 aromatic heterocycles. The van der Waals surface area contributed by atoms with Crippen LogP contribution in [0.15, 0.2) is 18.2 Å². The van der Waals surface area contributed by atoms with E-state index in [9.17, 15) is 9.59 Å². The number of carbonyl (C=O) groups is 2. The van der Waals surface area contributed by atoms with Crippen LogP contribution in [-0.4, -0.2) is 67.5 Å². The van der Waals surface area contributed by atoms with E-state index in [1.807, 2.05) is 0 Å². The van der Waals surface area contributed by atoms with Crippen LogP contribution in [0.3, 0.4) is 0 Å². The van der Waals surface area contributed by atoms with Crippen molar-refractivity contribution in [3.05, 3.63) is 18.2 Å². The number of likely N-dealkylation sites (tertiary alicyclic amines) is 1. The van der Waals surface area contributed by atoms with Crippen molar-refractivity contribution in [2.24, 2.45) is 0 Å². The smallest absolute Gasteiger partial charge is 0.410 e. The fourth-order valence-electron chi connectivity index (χ4n) is 3.67. The number of carbonyl (C=O) groups excluding carboxylic acids is 2. The molecule has 8 nitrogen and oxygen atoms in total. The number of hydrogen-bond acceptors (Lipinski definition) is 6. The SMILES string of the molecule is CN1CC2(CCCN(C(=O)COc3ccc4c(c3)OCO4)CC2)OC1=O. The van der Waals surface area contributed by atoms with E-state index in [-0.39, 0.29) is 25.4 Å². The van der Waals surface area contributed by atoms with Gasteiger partial charge in [0.05, 0.1) is 6.54 Å². The molecule has 0 N–H and O–H groups in total. The minimum absolute atomic E-state index is 0.0354. The van der Waals surface area contributed by atoms with Crippen LogP contribution in [0.25, 0.3) is 0 Å². The predicted molar refractivity (Wildman–Crippen MR) is 90.3 cm³/mol. The lowest BCUT2D eigenvalue weighted by molar-refractivity contribution is -0.133. The molecule has 140 valence electrons. The molecule has 1 unspecified atom stereocenters. The third-order valence-corrected chi connectivity index (χ3v) is 5.10. The summed E-state index contributed by atoms with van der Waals surface area (Å²) in [4.78, 5) is 27.6. The summed E-state index contributed by atoms with van der Waals surface area (Å²) in [6, 6.07) is 5.25. The average Bonchev–Trinajstić information content (AvgIpc) is 3.13. The van der Waals surface area contributed by atoms with Crippen molar-refractivity contribution in [3.8, 4) is 17.2 Å². The minimum Gasteiger partial charge on any atom is -0.484 e. The first-order valence-electron chi connectivity index (χ1n) is 8.79. The molecular formula is C18H22N2O6. The van der Waals surface area contributed by atoms with E-state index in [2.05, 4.69) is 0 Å². The van der Waals surface area contributed by atoms with Gasteiger partial charge >= 0.3 is 6.09 Å². The van der Waals surface area contributed by atoms with Crippen molar-refractivity contribution in [1.29, 1.82) is 0 Å². The maximum absolute atomic E-state index is 12.5. The van der Waals surface area contributed by atoms with Crippen molar-refractivity contribution in [2.75, 3.05) is 40.1 Å². The van der Waals surface area contributed by atoms with Crippen LogP contribution < -0.4 is 14.2 Å². The molecule has 1 aromatic carbocycles. The zero-order valence-electron chi connectivity index (χ0n) is 14.7. The number of likely N-dealkylation sites (N-methyl/N-ethyl adjacent to an activating group) is 1. The van der Waals surface area contributed by atoms with E-state index in [1.165, 1.54) is 0 Å². The van der Waals surface area contributed by atoms with Gasteiger partial charge in [0.25, 0.3) is 5.91 Å². The molecule has 4 rings (SSSR count). The molecule has 1 spiro atoms. The molecular weight excluding hydrogens is 340 g/mol. The van der Waals surface area contributed by atoms with E-state index in [0.717, 1.165) is 12.8 Å². The molecule has 3 aliphatic heterocycles. The normalized spacial score (nSPS) is 24.6. The fourth-order valence-corrected chi connectivity index (χ4v) is 3.67. The summed E-state index contributed by atoms with van der Waals surface area (Å²) >= 11 is 0. The van der Waals surface area contributed by atoms with Gasteiger partial charge in [-0.1, -0.05) is 0 Å². The summed E-state index contributed by atoms with van der Waals surface area (Å²) in [6.45, 7) is 1.96. The quantitative estimate of drug-likeness (QED) is 0.813. The van der Waals surface area contributed by atoms with E-state index in [0.29, 0.717) is 43.3 Å². The first-order valence-corrected chi connectivity index (χ1v) is 8.79. The van der Waals surface area contributed by atoms with Crippen molar-refractivity contribution in [3.63, 3.8) is 0 Å². The number of fused-ring (bicyclic) bond motifs is 1. The molecule has 1 atom stereocenters. The monoisotopic (exact) mass is 362 g/mol. The Morgan fingerprint density at radius 1 is 1.23 bits per heavy atom. The standard InChI is InChI=1S/C18H22N2O6/c1-19-11-18(26-17(19)22)5-2-7-20(8-6-18)16(21)10-23-13-3-4-14-15(9-13)25-12-24-14/h3-4,9H,2,5-8,10-12H2,1H3. The third-order valence-electron chi connectivity index (χ3n) is 5.10. The van der Waals surface area contributed by atoms with Crippen molar-refractivity contribution in [2.45, 2.75) is 24.9 Å². The predicted octanol–water partition coefficient (Wildman–Crippen LogP) is 1.63. The summed E-state index contributed by atoms with van der Waals surface area (Å²) < 4.78 is 21.8. The Hall–Kier alpha value is -2.64. The van der Waals surface area contributed by atoms with Gasteiger partial charge in [0, 0.05) is 32.6 Å². The van der Waals surface area contributed by atoms with Crippen LogP contribution in [0.4, 0.5) is 4.79 Å². The van der Waals surface area contributed by atoms with Gasteiger partial charge in [-0.05, 0) is 25.0 Å². The van der Waals surface area contributed by atoms with Gasteiger partial charge in [0.1, 0.15) is 11.4 Å². The van der Waals surface area contributed by atoms with Crippen LogP contribution in [0.2, 0.25) is 0 Å². The van der Waals surface area contributed by atoms with E-state index in [4.69, 9.17) is 18.9 Å². The number of amides is 2. The number of hydrogen-bond donors (Lipinski definition) is 0. The molecule has 0 radical (unpaired) electrons. The zero-order valence-corrected chi connectivity index (χ0v) is 14.7. The Morgan fingerprint density at radius 3 is 2.88 bits per heavy atom. The highest BCUT2D eigenvalue weighted by Crippen LogP contribution is 2.35. The van der Waals surface area contributed by atoms with Gasteiger partial charge in [-0.2, -0.15) is 0 Å². The average molecular weight is 362 g/mol. The molecule has 3 heterocycles. The zero-order chi connectivity index (χ0) is 18.1. The first-order chi connectivity index (χ1) is 12.5. The highest BCUT2D eigenvalue weighted by atomic mass is 16.7. The molecule has 8 heteroatoms. The second-order valence-corrected chi connectivity index (χ2v) is 6.95. The molecule has 2 fully saturated rings. The van der Waals surface area contributed by atoms with Gasteiger partial charge < -0.3 is 28.7 Å². The molecule has 1 aromatic rings. The summed E-state index contributed by atoms with van der Waals surface area (Å²) in [5.74, 6) is 1.80. The Kier molecular flexibility index (Phi) is 4.26. The highest BCUT2D eigenvalue weighted by molar-refractivity contribution is 5.78. The van der Waals surface area contributed by atoms with Gasteiger partial charge in [-0.25, -0.2) is 4.79 Å². The fraction of sp³-hybridized carbons (Fsp3) is 0.556. The molecule has 0 saturated carbocycles. The minimum atomic E-state index is -0.459. The summed E-state index contributed by atoms with van der Waals surface area (Å²) in [6.07, 6.45) is 1.95. The second-order valence-electron chi connectivity index (χ2n) is 6.95. The Balaban J connectivity index is 1.32. The molecule has 2 saturated heterocycles. The van der Waals surface area contributed by atoms with Crippen LogP contribution in [-0.2, 0) is 9.53 Å². The topological polar surface area (TPSA) is 77.5 Å². The van der Waals surface area contributed by atoms with Crippen molar-refractivity contribution >= 4 is 12.0 Å². The molecule has 2 amide bonds. The summed E-state index contributed by atoms with van der Waals surface area (Å²) in [5, 5.41) is 0. The highest BCUT2D eigenvalue weighted by Gasteiger charge is 2.44. The Labute approximate surface area is 151 Å². The lowest BCUT2D eigenvalue weighted by Crippen LogP contribution is -2.38. The number of ether oxygens (including phenoxy) is 4. The third kappa shape index (κ3) is 3.23. The maximum Gasteiger partial charge on any atom is 0.410 e. The van der Waals surface area contributed by atoms with E-state index < -0.39 is 5.60 Å². The molecule has 3 aliphatic rings. The largest absolute Gasteiger partial charge is 0.484 e. The van der Waals surface area contributed by atoms with E-state index in [1.54, 1.807) is 35.0 Å². The molecule has 0 aliphatic carbocycles. The summed E-state index contributed by atoms with van der Waals surface area (Å²) in [5.41, 5.74) is -0.459. The van der Waals surface area contributed by atoms with Crippen molar-refractivity contribution in [1.82, 2.24) is 9.80 Å². The van der Waals surface area contributed by atoms with Crippen LogP contribution in [0.5, 0.6) is 17.2 Å². The van der Waals surface area contributed by atoms with Gasteiger partial charge in [-0.3, -0.25) is 4.79 Å². The Bertz CT molecular complexity index is 724. The summed E-state index contributed by atoms with van der Waals surface area (Å²) in [7, 11) is 1.74. The lowest BCUT2D eigenvalue weighted by Gasteiger charge is -2.25. The van der Waals surface area contributed by atoms with Crippen LogP contribution in [0.1, 0.15) is 19.3 Å². The van der Waals surface area contributed by atoms with E-state index >= 15 is 0 Å². The van der Waals surface area contributed by atoms with Crippen LogP contribution >= 0.6 is 0 Å². The van der Waals surface area contributed by atoms with Gasteiger partial charge in [0.2, 0.25) is 6.79 Å². The number of nitrogens with zero attached hydrogens (tertiary/aromatic N) is 2. The Morgan fingerprint density at radius 2 is 2.08 bits per heavy atom.